The lowest BCUT2D eigenvalue weighted by atomic mass is 9.90. The number of H-pyrrole nitrogens is 1. The molecule has 6 nitrogen and oxygen atoms in total. The first-order valence-corrected chi connectivity index (χ1v) is 7.03. The van der Waals surface area contributed by atoms with Crippen molar-refractivity contribution in [3.63, 3.8) is 0 Å². The molecular formula is C13H21N3O3. The molecule has 0 amide bonds. The van der Waals surface area contributed by atoms with Gasteiger partial charge in [0, 0.05) is 37.7 Å². The predicted octanol–water partition coefficient (Wildman–Crippen LogP) is 0.136. The van der Waals surface area contributed by atoms with Crippen molar-refractivity contribution in [3.05, 3.63) is 22.2 Å². The maximum absolute atomic E-state index is 11.1. The highest BCUT2D eigenvalue weighted by Crippen LogP contribution is 2.26. The van der Waals surface area contributed by atoms with Gasteiger partial charge in [0.25, 0.3) is 5.56 Å². The number of morpholine rings is 1. The molecule has 2 atom stereocenters. The molecule has 1 aromatic rings. The van der Waals surface area contributed by atoms with Crippen LogP contribution in [0, 0.1) is 0 Å². The van der Waals surface area contributed by atoms with E-state index < -0.39 is 0 Å². The van der Waals surface area contributed by atoms with Crippen LogP contribution in [-0.4, -0.2) is 55.5 Å². The number of aromatic amines is 1. The van der Waals surface area contributed by atoms with Gasteiger partial charge in [0.15, 0.2) is 0 Å². The van der Waals surface area contributed by atoms with Crippen LogP contribution in [0.1, 0.15) is 24.5 Å². The fourth-order valence-electron chi connectivity index (χ4n) is 3.00. The number of nitrogens with zero attached hydrogens (tertiary/aromatic N) is 1. The van der Waals surface area contributed by atoms with Gasteiger partial charge < -0.3 is 14.6 Å². The summed E-state index contributed by atoms with van der Waals surface area (Å²) in [6.45, 7) is 5.74. The Bertz CT molecular complexity index is 450. The van der Waals surface area contributed by atoms with Crippen LogP contribution in [0.5, 0.6) is 0 Å². The highest BCUT2D eigenvalue weighted by molar-refractivity contribution is 5.05. The van der Waals surface area contributed by atoms with Crippen molar-refractivity contribution in [2.75, 3.05) is 39.4 Å². The van der Waals surface area contributed by atoms with Gasteiger partial charge in [-0.1, -0.05) is 0 Å². The molecule has 0 aromatic carbocycles. The van der Waals surface area contributed by atoms with Crippen molar-refractivity contribution in [3.8, 4) is 0 Å². The van der Waals surface area contributed by atoms with Gasteiger partial charge in [-0.2, -0.15) is 5.16 Å². The van der Waals surface area contributed by atoms with Crippen LogP contribution >= 0.6 is 0 Å². The summed E-state index contributed by atoms with van der Waals surface area (Å²) in [5, 5.41) is 5.94. The Morgan fingerprint density at radius 3 is 2.95 bits per heavy atom. The van der Waals surface area contributed by atoms with Crippen LogP contribution in [0.2, 0.25) is 0 Å². The van der Waals surface area contributed by atoms with Crippen LogP contribution in [0.25, 0.3) is 0 Å². The van der Waals surface area contributed by atoms with Crippen molar-refractivity contribution in [2.45, 2.75) is 24.8 Å². The molecule has 0 aliphatic carbocycles. The smallest absolute Gasteiger partial charge is 0.280 e. The number of aromatic nitrogens is 1. The van der Waals surface area contributed by atoms with E-state index in [4.69, 9.17) is 9.26 Å². The molecule has 0 saturated carbocycles. The molecule has 2 aliphatic rings. The summed E-state index contributed by atoms with van der Waals surface area (Å²) in [6.07, 6.45) is 2.05. The largest absolute Gasteiger partial charge is 0.383 e. The lowest BCUT2D eigenvalue weighted by Crippen LogP contribution is -2.48. The average molecular weight is 267 g/mol. The molecular weight excluding hydrogens is 246 g/mol. The van der Waals surface area contributed by atoms with Crippen LogP contribution in [0.15, 0.2) is 15.4 Å². The molecule has 3 rings (SSSR count). The summed E-state index contributed by atoms with van der Waals surface area (Å²) >= 11 is 0. The minimum absolute atomic E-state index is 0.140. The highest BCUT2D eigenvalue weighted by Gasteiger charge is 2.27. The topological polar surface area (TPSA) is 70.5 Å². The van der Waals surface area contributed by atoms with Crippen molar-refractivity contribution in [1.29, 1.82) is 0 Å². The Labute approximate surface area is 112 Å². The van der Waals surface area contributed by atoms with E-state index in [1.54, 1.807) is 6.07 Å². The Balaban J connectivity index is 1.56. The van der Waals surface area contributed by atoms with Gasteiger partial charge in [-0.05, 0) is 19.4 Å². The molecule has 106 valence electrons. The van der Waals surface area contributed by atoms with Gasteiger partial charge in [0.2, 0.25) is 0 Å². The number of ether oxygens (including phenoxy) is 1. The summed E-state index contributed by atoms with van der Waals surface area (Å²) in [5.74, 6) is 1.16. The van der Waals surface area contributed by atoms with E-state index in [1.807, 2.05) is 0 Å². The predicted molar refractivity (Wildman–Crippen MR) is 70.4 cm³/mol. The summed E-state index contributed by atoms with van der Waals surface area (Å²) in [6, 6.07) is 2.05. The van der Waals surface area contributed by atoms with Crippen LogP contribution in [-0.2, 0) is 4.74 Å². The third-order valence-corrected chi connectivity index (χ3v) is 4.02. The molecule has 2 aliphatic heterocycles. The molecule has 0 radical (unpaired) electrons. The lowest BCUT2D eigenvalue weighted by Gasteiger charge is -2.34. The Kier molecular flexibility index (Phi) is 4.00. The number of rotatable bonds is 3. The molecule has 2 N–H and O–H groups in total. The van der Waals surface area contributed by atoms with E-state index in [9.17, 15) is 4.79 Å². The SMILES string of the molecule is O=c1cc([C@H]2CCN[C@H](CN3CCOCC3)C2)o[nH]1. The third-order valence-electron chi connectivity index (χ3n) is 4.02. The number of hydrogen-bond donors (Lipinski definition) is 2. The fourth-order valence-corrected chi connectivity index (χ4v) is 3.00. The third kappa shape index (κ3) is 3.26. The molecule has 0 bridgehead atoms. The standard InChI is InChI=1S/C13H21N3O3/c17-13-8-12(19-15-13)10-1-2-14-11(7-10)9-16-3-5-18-6-4-16/h8,10-11,14H,1-7,9H2,(H,15,17)/t10-,11-/m0/s1. The van der Waals surface area contributed by atoms with Crippen molar-refractivity contribution >= 4 is 0 Å². The van der Waals surface area contributed by atoms with E-state index >= 15 is 0 Å². The fraction of sp³-hybridized carbons (Fsp3) is 0.769. The van der Waals surface area contributed by atoms with Gasteiger partial charge in [-0.25, -0.2) is 0 Å². The van der Waals surface area contributed by atoms with Gasteiger partial charge in [-0.15, -0.1) is 0 Å². The molecule has 19 heavy (non-hydrogen) atoms. The first-order chi connectivity index (χ1) is 9.31. The molecule has 1 aromatic heterocycles. The summed E-state index contributed by atoms with van der Waals surface area (Å²) in [7, 11) is 0. The van der Waals surface area contributed by atoms with Gasteiger partial charge in [0.05, 0.1) is 13.2 Å². The van der Waals surface area contributed by atoms with Gasteiger partial charge in [-0.3, -0.25) is 9.69 Å². The minimum atomic E-state index is -0.140. The van der Waals surface area contributed by atoms with Gasteiger partial charge in [0.1, 0.15) is 5.76 Å². The Morgan fingerprint density at radius 1 is 1.37 bits per heavy atom. The van der Waals surface area contributed by atoms with Crippen LogP contribution < -0.4 is 10.9 Å². The zero-order chi connectivity index (χ0) is 13.1. The second-order valence-corrected chi connectivity index (χ2v) is 5.40. The van der Waals surface area contributed by atoms with E-state index in [2.05, 4.69) is 15.4 Å². The zero-order valence-electron chi connectivity index (χ0n) is 11.1. The Morgan fingerprint density at radius 2 is 2.21 bits per heavy atom. The van der Waals surface area contributed by atoms with Crippen LogP contribution in [0.4, 0.5) is 0 Å². The van der Waals surface area contributed by atoms with E-state index in [0.717, 1.165) is 58.0 Å². The molecule has 2 saturated heterocycles. The van der Waals surface area contributed by atoms with E-state index in [-0.39, 0.29) is 5.56 Å². The molecule has 0 unspecified atom stereocenters. The normalized spacial score (nSPS) is 29.5. The Hall–Kier alpha value is -1.11. The van der Waals surface area contributed by atoms with E-state index in [1.165, 1.54) is 0 Å². The number of nitrogens with one attached hydrogen (secondary N) is 2. The zero-order valence-corrected chi connectivity index (χ0v) is 11.1. The first kappa shape index (κ1) is 12.9. The second kappa shape index (κ2) is 5.90. The summed E-state index contributed by atoms with van der Waals surface area (Å²) in [4.78, 5) is 13.6. The highest BCUT2D eigenvalue weighted by atomic mass is 16.5. The second-order valence-electron chi connectivity index (χ2n) is 5.40. The van der Waals surface area contributed by atoms with Crippen molar-refractivity contribution in [2.24, 2.45) is 0 Å². The quantitative estimate of drug-likeness (QED) is 0.815. The molecule has 3 heterocycles. The number of hydrogen-bond acceptors (Lipinski definition) is 5. The minimum Gasteiger partial charge on any atom is -0.383 e. The average Bonchev–Trinajstić information content (AvgIpc) is 2.87. The maximum Gasteiger partial charge on any atom is 0.280 e. The first-order valence-electron chi connectivity index (χ1n) is 7.03. The van der Waals surface area contributed by atoms with Crippen molar-refractivity contribution < 1.29 is 9.26 Å². The maximum atomic E-state index is 11.1. The number of piperidine rings is 1. The molecule has 6 heteroatoms. The monoisotopic (exact) mass is 267 g/mol. The van der Waals surface area contributed by atoms with Crippen molar-refractivity contribution in [1.82, 2.24) is 15.4 Å². The van der Waals surface area contributed by atoms with Gasteiger partial charge >= 0.3 is 0 Å². The lowest BCUT2D eigenvalue weighted by molar-refractivity contribution is 0.0314. The summed E-state index contributed by atoms with van der Waals surface area (Å²) in [5.41, 5.74) is -0.140. The molecule has 2 fully saturated rings. The van der Waals surface area contributed by atoms with E-state index in [0.29, 0.717) is 12.0 Å². The molecule has 0 spiro atoms. The van der Waals surface area contributed by atoms with Crippen LogP contribution in [0.3, 0.4) is 0 Å². The summed E-state index contributed by atoms with van der Waals surface area (Å²) < 4.78 is 10.6.